The first kappa shape index (κ1) is 15.0. The van der Waals surface area contributed by atoms with Crippen LogP contribution in [0.1, 0.15) is 38.7 Å². The van der Waals surface area contributed by atoms with Gasteiger partial charge in [-0.15, -0.1) is 0 Å². The van der Waals surface area contributed by atoms with E-state index in [0.29, 0.717) is 17.4 Å². The Morgan fingerprint density at radius 3 is 2.45 bits per heavy atom. The number of nitrogens with one attached hydrogen (secondary N) is 1. The average molecular weight is 292 g/mol. The molecule has 0 radical (unpaired) electrons. The minimum Gasteiger partial charge on any atom is -0.208 e. The number of hydrogen-bond acceptors (Lipinski definition) is 3. The molecule has 20 heavy (non-hydrogen) atoms. The van der Waals surface area contributed by atoms with Crippen molar-refractivity contribution < 1.29 is 8.42 Å². The summed E-state index contributed by atoms with van der Waals surface area (Å²) in [5.41, 5.74) is 0.462. The molecule has 1 saturated carbocycles. The quantitative estimate of drug-likeness (QED) is 0.927. The standard InChI is InChI=1S/C15H20N2O2S/c1-3-13-6-9-15(11(13)2)17-20(18,19)14-7-4-12(10-16)5-8-14/h4-5,7-8,11,13,15,17H,3,6,9H2,1-2H3. The highest BCUT2D eigenvalue weighted by molar-refractivity contribution is 7.89. The second-order valence-corrected chi connectivity index (χ2v) is 7.18. The number of sulfonamides is 1. The van der Waals surface area contributed by atoms with E-state index >= 15 is 0 Å². The lowest BCUT2D eigenvalue weighted by molar-refractivity contribution is 0.368. The van der Waals surface area contributed by atoms with E-state index in [1.807, 2.05) is 6.07 Å². The minimum absolute atomic E-state index is 0.0144. The van der Waals surface area contributed by atoms with E-state index in [9.17, 15) is 8.42 Å². The van der Waals surface area contributed by atoms with Crippen molar-refractivity contribution in [2.24, 2.45) is 11.8 Å². The van der Waals surface area contributed by atoms with E-state index in [1.54, 1.807) is 0 Å². The fourth-order valence-corrected chi connectivity index (χ4v) is 4.33. The molecule has 0 aromatic heterocycles. The normalized spacial score (nSPS) is 26.4. The summed E-state index contributed by atoms with van der Waals surface area (Å²) in [6.07, 6.45) is 3.07. The van der Waals surface area contributed by atoms with Crippen molar-refractivity contribution in [2.45, 2.75) is 44.0 Å². The van der Waals surface area contributed by atoms with Gasteiger partial charge < -0.3 is 0 Å². The third-order valence-electron chi connectivity index (χ3n) is 4.35. The van der Waals surface area contributed by atoms with Gasteiger partial charge in [0.15, 0.2) is 0 Å². The highest BCUT2D eigenvalue weighted by Crippen LogP contribution is 2.34. The second-order valence-electron chi connectivity index (χ2n) is 5.47. The van der Waals surface area contributed by atoms with Crippen molar-refractivity contribution in [1.82, 2.24) is 4.72 Å². The SMILES string of the molecule is CCC1CCC(NS(=O)(=O)c2ccc(C#N)cc2)C1C. The van der Waals surface area contributed by atoms with Crippen molar-refractivity contribution in [3.8, 4) is 6.07 Å². The maximum absolute atomic E-state index is 12.3. The molecule has 0 spiro atoms. The Labute approximate surface area is 120 Å². The molecule has 0 saturated heterocycles. The van der Waals surface area contributed by atoms with Gasteiger partial charge in [-0.1, -0.05) is 20.3 Å². The van der Waals surface area contributed by atoms with Crippen LogP contribution in [0.2, 0.25) is 0 Å². The molecule has 0 bridgehead atoms. The van der Waals surface area contributed by atoms with Crippen LogP contribution in [0.25, 0.3) is 0 Å². The summed E-state index contributed by atoms with van der Waals surface area (Å²) in [6.45, 7) is 4.27. The van der Waals surface area contributed by atoms with Gasteiger partial charge in [-0.05, 0) is 48.9 Å². The molecule has 3 atom stereocenters. The molecule has 0 heterocycles. The van der Waals surface area contributed by atoms with Gasteiger partial charge in [0.2, 0.25) is 10.0 Å². The number of nitriles is 1. The molecule has 0 amide bonds. The van der Waals surface area contributed by atoms with E-state index in [-0.39, 0.29) is 10.9 Å². The highest BCUT2D eigenvalue weighted by Gasteiger charge is 2.34. The molecule has 2 rings (SSSR count). The van der Waals surface area contributed by atoms with Crippen LogP contribution in [0, 0.1) is 23.2 Å². The van der Waals surface area contributed by atoms with E-state index in [2.05, 4.69) is 18.6 Å². The Morgan fingerprint density at radius 1 is 1.30 bits per heavy atom. The summed E-state index contributed by atoms with van der Waals surface area (Å²) in [5.74, 6) is 0.969. The molecule has 1 fully saturated rings. The van der Waals surface area contributed by atoms with Gasteiger partial charge in [-0.3, -0.25) is 0 Å². The monoisotopic (exact) mass is 292 g/mol. The maximum Gasteiger partial charge on any atom is 0.240 e. The van der Waals surface area contributed by atoms with Gasteiger partial charge >= 0.3 is 0 Å². The Kier molecular flexibility index (Phi) is 4.46. The van der Waals surface area contributed by atoms with Crippen molar-refractivity contribution >= 4 is 10.0 Å². The van der Waals surface area contributed by atoms with Crippen LogP contribution < -0.4 is 4.72 Å². The molecule has 0 aliphatic heterocycles. The van der Waals surface area contributed by atoms with Crippen LogP contribution in [0.3, 0.4) is 0 Å². The third-order valence-corrected chi connectivity index (χ3v) is 5.86. The molecule has 3 unspecified atom stereocenters. The van der Waals surface area contributed by atoms with Crippen molar-refractivity contribution in [3.05, 3.63) is 29.8 Å². The van der Waals surface area contributed by atoms with Gasteiger partial charge in [0.1, 0.15) is 0 Å². The summed E-state index contributed by atoms with van der Waals surface area (Å²) in [7, 11) is -3.49. The zero-order chi connectivity index (χ0) is 14.8. The van der Waals surface area contributed by atoms with Crippen LogP contribution in [-0.4, -0.2) is 14.5 Å². The molecular formula is C15H20N2O2S. The fourth-order valence-electron chi connectivity index (χ4n) is 2.97. The topological polar surface area (TPSA) is 70.0 Å². The Morgan fingerprint density at radius 2 is 1.95 bits per heavy atom. The maximum atomic E-state index is 12.3. The first-order valence-electron chi connectivity index (χ1n) is 7.00. The lowest BCUT2D eigenvalue weighted by Crippen LogP contribution is -2.37. The summed E-state index contributed by atoms with van der Waals surface area (Å²) < 4.78 is 27.5. The predicted octanol–water partition coefficient (Wildman–Crippen LogP) is 2.66. The van der Waals surface area contributed by atoms with E-state index < -0.39 is 10.0 Å². The van der Waals surface area contributed by atoms with Gasteiger partial charge in [-0.2, -0.15) is 5.26 Å². The second kappa shape index (κ2) is 5.94. The van der Waals surface area contributed by atoms with Gasteiger partial charge in [0.25, 0.3) is 0 Å². The predicted molar refractivity (Wildman–Crippen MR) is 77.4 cm³/mol. The van der Waals surface area contributed by atoms with Crippen LogP contribution >= 0.6 is 0 Å². The number of benzene rings is 1. The van der Waals surface area contributed by atoms with Crippen molar-refractivity contribution in [2.75, 3.05) is 0 Å². The Hall–Kier alpha value is -1.38. The first-order valence-corrected chi connectivity index (χ1v) is 8.48. The molecule has 1 aromatic rings. The molecule has 4 nitrogen and oxygen atoms in total. The zero-order valence-corrected chi connectivity index (χ0v) is 12.7. The number of rotatable bonds is 4. The smallest absolute Gasteiger partial charge is 0.208 e. The fraction of sp³-hybridized carbons (Fsp3) is 0.533. The lowest BCUT2D eigenvalue weighted by Gasteiger charge is -2.20. The molecule has 108 valence electrons. The van der Waals surface area contributed by atoms with Gasteiger partial charge in [0, 0.05) is 6.04 Å². The van der Waals surface area contributed by atoms with Gasteiger partial charge in [0.05, 0.1) is 16.5 Å². The largest absolute Gasteiger partial charge is 0.240 e. The summed E-state index contributed by atoms with van der Waals surface area (Å²) in [4.78, 5) is 0.226. The van der Waals surface area contributed by atoms with Gasteiger partial charge in [-0.25, -0.2) is 13.1 Å². The molecule has 1 aliphatic rings. The van der Waals surface area contributed by atoms with Crippen LogP contribution in [0.15, 0.2) is 29.2 Å². The van der Waals surface area contributed by atoms with E-state index in [1.165, 1.54) is 24.3 Å². The highest BCUT2D eigenvalue weighted by atomic mass is 32.2. The van der Waals surface area contributed by atoms with E-state index in [0.717, 1.165) is 19.3 Å². The minimum atomic E-state index is -3.49. The molecule has 1 aromatic carbocycles. The summed E-state index contributed by atoms with van der Waals surface area (Å²) in [5, 5.41) is 8.74. The third kappa shape index (κ3) is 3.02. The van der Waals surface area contributed by atoms with Crippen LogP contribution in [0.4, 0.5) is 0 Å². The Balaban J connectivity index is 2.13. The van der Waals surface area contributed by atoms with Crippen LogP contribution in [0.5, 0.6) is 0 Å². The van der Waals surface area contributed by atoms with Crippen LogP contribution in [-0.2, 0) is 10.0 Å². The lowest BCUT2D eigenvalue weighted by atomic mass is 9.94. The first-order chi connectivity index (χ1) is 9.47. The number of nitrogens with zero attached hydrogens (tertiary/aromatic N) is 1. The zero-order valence-electron chi connectivity index (χ0n) is 11.8. The van der Waals surface area contributed by atoms with Crippen molar-refractivity contribution in [3.63, 3.8) is 0 Å². The molecule has 1 N–H and O–H groups in total. The average Bonchev–Trinajstić information content (AvgIpc) is 2.79. The Bertz CT molecular complexity index is 602. The van der Waals surface area contributed by atoms with Crippen molar-refractivity contribution in [1.29, 1.82) is 5.26 Å². The summed E-state index contributed by atoms with van der Waals surface area (Å²) >= 11 is 0. The molecule has 1 aliphatic carbocycles. The summed E-state index contributed by atoms with van der Waals surface area (Å²) in [6, 6.07) is 8.02. The number of hydrogen-bond donors (Lipinski definition) is 1. The molecular weight excluding hydrogens is 272 g/mol. The molecule has 5 heteroatoms. The van der Waals surface area contributed by atoms with E-state index in [4.69, 9.17) is 5.26 Å².